The summed E-state index contributed by atoms with van der Waals surface area (Å²) in [5, 5.41) is 10.6. The lowest BCUT2D eigenvalue weighted by molar-refractivity contribution is 0.0111. The van der Waals surface area contributed by atoms with Crippen LogP contribution in [0.2, 0.25) is 0 Å². The van der Waals surface area contributed by atoms with E-state index in [0.717, 1.165) is 5.56 Å². The molecular formula is C19H30O2. The van der Waals surface area contributed by atoms with Crippen LogP contribution in [0.5, 0.6) is 0 Å². The summed E-state index contributed by atoms with van der Waals surface area (Å²) in [6, 6.07) is 9.36. The van der Waals surface area contributed by atoms with Crippen LogP contribution in [0.4, 0.5) is 0 Å². The minimum Gasteiger partial charge on any atom is -0.393 e. The molecule has 0 aliphatic rings. The Balaban J connectivity index is 2.87. The van der Waals surface area contributed by atoms with Crippen LogP contribution < -0.4 is 0 Å². The van der Waals surface area contributed by atoms with Gasteiger partial charge in [0.1, 0.15) is 0 Å². The van der Waals surface area contributed by atoms with Gasteiger partial charge in [0.15, 0.2) is 5.78 Å². The largest absolute Gasteiger partial charge is 0.393 e. The minimum atomic E-state index is -0.460. The first kappa shape index (κ1) is 17.9. The second-order valence-electron chi connectivity index (χ2n) is 8.30. The zero-order valence-corrected chi connectivity index (χ0v) is 14.3. The van der Waals surface area contributed by atoms with Crippen molar-refractivity contribution in [2.75, 3.05) is 0 Å². The molecule has 0 saturated heterocycles. The molecule has 0 saturated carbocycles. The second kappa shape index (κ2) is 6.74. The van der Waals surface area contributed by atoms with Crippen LogP contribution in [-0.4, -0.2) is 17.0 Å². The molecule has 1 aromatic carbocycles. The van der Waals surface area contributed by atoms with Crippen molar-refractivity contribution in [1.82, 2.24) is 0 Å². The zero-order chi connectivity index (χ0) is 16.3. The third-order valence-corrected chi connectivity index (χ3v) is 3.90. The molecule has 1 rings (SSSR count). The van der Waals surface area contributed by atoms with Crippen molar-refractivity contribution >= 4 is 5.78 Å². The molecular weight excluding hydrogens is 260 g/mol. The predicted octanol–water partition coefficient (Wildman–Crippen LogP) is 4.72. The maximum Gasteiger partial charge on any atom is 0.163 e. The number of benzene rings is 1. The van der Waals surface area contributed by atoms with Crippen molar-refractivity contribution in [3.63, 3.8) is 0 Å². The highest BCUT2D eigenvalue weighted by Gasteiger charge is 2.35. The van der Waals surface area contributed by atoms with E-state index in [1.807, 2.05) is 30.3 Å². The Labute approximate surface area is 129 Å². The fourth-order valence-corrected chi connectivity index (χ4v) is 2.73. The first-order valence-corrected chi connectivity index (χ1v) is 7.77. The van der Waals surface area contributed by atoms with E-state index in [-0.39, 0.29) is 22.5 Å². The molecule has 2 heteroatoms. The van der Waals surface area contributed by atoms with Gasteiger partial charge in [0.05, 0.1) is 6.10 Å². The number of aliphatic hydroxyl groups is 1. The first-order chi connectivity index (χ1) is 9.50. The van der Waals surface area contributed by atoms with Gasteiger partial charge in [0.25, 0.3) is 0 Å². The highest BCUT2D eigenvalue weighted by atomic mass is 16.3. The van der Waals surface area contributed by atoms with Crippen LogP contribution in [0.1, 0.15) is 64.7 Å². The van der Waals surface area contributed by atoms with Gasteiger partial charge in [-0.2, -0.15) is 0 Å². The van der Waals surface area contributed by atoms with Gasteiger partial charge in [0.2, 0.25) is 0 Å². The fourth-order valence-electron chi connectivity index (χ4n) is 2.73. The third-order valence-electron chi connectivity index (χ3n) is 3.90. The van der Waals surface area contributed by atoms with Crippen molar-refractivity contribution < 1.29 is 9.90 Å². The number of Topliss-reactive ketones (excluding diaryl/α,β-unsaturated/α-hetero) is 1. The Morgan fingerprint density at radius 2 is 1.57 bits per heavy atom. The van der Waals surface area contributed by atoms with E-state index in [2.05, 4.69) is 41.5 Å². The van der Waals surface area contributed by atoms with E-state index in [4.69, 9.17) is 0 Å². The second-order valence-corrected chi connectivity index (χ2v) is 8.30. The number of rotatable bonds is 5. The van der Waals surface area contributed by atoms with Crippen LogP contribution >= 0.6 is 0 Å². The molecule has 0 radical (unpaired) electrons. The Hall–Kier alpha value is -1.15. The van der Waals surface area contributed by atoms with Crippen LogP contribution in [0.25, 0.3) is 0 Å². The number of carbonyl (C=O) groups is 1. The Bertz CT molecular complexity index is 449. The molecule has 0 aromatic heterocycles. The van der Waals surface area contributed by atoms with E-state index in [1.54, 1.807) is 0 Å². The zero-order valence-electron chi connectivity index (χ0n) is 14.3. The lowest BCUT2D eigenvalue weighted by atomic mass is 9.71. The highest BCUT2D eigenvalue weighted by molar-refractivity contribution is 5.96. The molecule has 2 unspecified atom stereocenters. The van der Waals surface area contributed by atoms with E-state index in [9.17, 15) is 9.90 Å². The summed E-state index contributed by atoms with van der Waals surface area (Å²) < 4.78 is 0. The van der Waals surface area contributed by atoms with Gasteiger partial charge in [-0.3, -0.25) is 4.79 Å². The standard InChI is InChI=1S/C19H30O2/c1-18(2,3)13-17(21)15(19(4,5)6)12-16(20)14-10-8-7-9-11-14/h7-11,15,17,21H,12-13H2,1-6H3. The Morgan fingerprint density at radius 3 is 2.00 bits per heavy atom. The van der Waals surface area contributed by atoms with E-state index < -0.39 is 6.10 Å². The van der Waals surface area contributed by atoms with E-state index >= 15 is 0 Å². The molecule has 0 aliphatic carbocycles. The number of hydrogen-bond donors (Lipinski definition) is 1. The lowest BCUT2D eigenvalue weighted by Crippen LogP contribution is -2.36. The molecule has 2 atom stereocenters. The third kappa shape index (κ3) is 6.01. The smallest absolute Gasteiger partial charge is 0.163 e. The van der Waals surface area contributed by atoms with E-state index in [1.165, 1.54) is 0 Å². The Kier molecular flexibility index (Phi) is 5.75. The maximum atomic E-state index is 12.5. The fraction of sp³-hybridized carbons (Fsp3) is 0.632. The van der Waals surface area contributed by atoms with Crippen molar-refractivity contribution in [2.45, 2.75) is 60.5 Å². The minimum absolute atomic E-state index is 0.0376. The van der Waals surface area contributed by atoms with Crippen LogP contribution in [-0.2, 0) is 0 Å². The average Bonchev–Trinajstić information content (AvgIpc) is 2.33. The molecule has 118 valence electrons. The van der Waals surface area contributed by atoms with Gasteiger partial charge >= 0.3 is 0 Å². The topological polar surface area (TPSA) is 37.3 Å². The van der Waals surface area contributed by atoms with Crippen LogP contribution in [0, 0.1) is 16.7 Å². The molecule has 21 heavy (non-hydrogen) atoms. The molecule has 0 heterocycles. The molecule has 1 aromatic rings. The molecule has 0 bridgehead atoms. The van der Waals surface area contributed by atoms with Crippen molar-refractivity contribution in [1.29, 1.82) is 0 Å². The molecule has 0 amide bonds. The van der Waals surface area contributed by atoms with Gasteiger partial charge in [0, 0.05) is 12.0 Å². The summed E-state index contributed by atoms with van der Waals surface area (Å²) in [6.45, 7) is 12.7. The average molecular weight is 290 g/mol. The lowest BCUT2D eigenvalue weighted by Gasteiger charge is -2.37. The first-order valence-electron chi connectivity index (χ1n) is 7.77. The molecule has 2 nitrogen and oxygen atoms in total. The normalized spacial score (nSPS) is 15.6. The van der Waals surface area contributed by atoms with Gasteiger partial charge < -0.3 is 5.11 Å². The van der Waals surface area contributed by atoms with Gasteiger partial charge in [-0.1, -0.05) is 71.9 Å². The number of carbonyl (C=O) groups excluding carboxylic acids is 1. The number of aliphatic hydroxyl groups excluding tert-OH is 1. The van der Waals surface area contributed by atoms with Gasteiger partial charge in [-0.25, -0.2) is 0 Å². The monoisotopic (exact) mass is 290 g/mol. The molecule has 0 aliphatic heterocycles. The summed E-state index contributed by atoms with van der Waals surface area (Å²) in [5.41, 5.74) is 0.683. The van der Waals surface area contributed by atoms with Crippen LogP contribution in [0.15, 0.2) is 30.3 Å². The van der Waals surface area contributed by atoms with Crippen molar-refractivity contribution in [3.8, 4) is 0 Å². The Morgan fingerprint density at radius 1 is 1.05 bits per heavy atom. The summed E-state index contributed by atoms with van der Waals surface area (Å²) in [6.07, 6.45) is 0.638. The quantitative estimate of drug-likeness (QED) is 0.797. The number of hydrogen-bond acceptors (Lipinski definition) is 2. The van der Waals surface area contributed by atoms with Crippen molar-refractivity contribution in [3.05, 3.63) is 35.9 Å². The molecule has 1 N–H and O–H groups in total. The van der Waals surface area contributed by atoms with Gasteiger partial charge in [-0.05, 0) is 23.2 Å². The summed E-state index contributed by atoms with van der Waals surface area (Å²) in [5.74, 6) is 0.0768. The van der Waals surface area contributed by atoms with Crippen LogP contribution in [0.3, 0.4) is 0 Å². The molecule has 0 spiro atoms. The highest BCUT2D eigenvalue weighted by Crippen LogP contribution is 2.37. The summed E-state index contributed by atoms with van der Waals surface area (Å²) in [4.78, 5) is 12.5. The van der Waals surface area contributed by atoms with E-state index in [0.29, 0.717) is 12.8 Å². The summed E-state index contributed by atoms with van der Waals surface area (Å²) in [7, 11) is 0. The molecule has 0 fully saturated rings. The van der Waals surface area contributed by atoms with Crippen molar-refractivity contribution in [2.24, 2.45) is 16.7 Å². The SMILES string of the molecule is CC(C)(C)CC(O)C(CC(=O)c1ccccc1)C(C)(C)C. The van der Waals surface area contributed by atoms with Gasteiger partial charge in [-0.15, -0.1) is 0 Å². The summed E-state index contributed by atoms with van der Waals surface area (Å²) >= 11 is 0. The maximum absolute atomic E-state index is 12.5. The predicted molar refractivity (Wildman–Crippen MR) is 88.4 cm³/mol. The number of ketones is 1.